The molecule has 0 heterocycles. The molecule has 2 fully saturated rings. The van der Waals surface area contributed by atoms with Crippen LogP contribution in [0.5, 0.6) is 5.75 Å². The predicted molar refractivity (Wildman–Crippen MR) is 75.0 cm³/mol. The maximum atomic E-state index is 12.4. The van der Waals surface area contributed by atoms with Crippen LogP contribution in [0.4, 0.5) is 11.4 Å². The van der Waals surface area contributed by atoms with Gasteiger partial charge in [0, 0.05) is 11.6 Å². The lowest BCUT2D eigenvalue weighted by atomic mass is 9.88. The molecule has 3 atom stereocenters. The van der Waals surface area contributed by atoms with Gasteiger partial charge in [0.05, 0.1) is 12.8 Å². The summed E-state index contributed by atoms with van der Waals surface area (Å²) < 4.78 is 5.26. The van der Waals surface area contributed by atoms with Gasteiger partial charge < -0.3 is 15.8 Å². The van der Waals surface area contributed by atoms with Crippen molar-refractivity contribution in [1.82, 2.24) is 0 Å². The molecule has 0 radical (unpaired) electrons. The molecule has 4 nitrogen and oxygen atoms in total. The molecule has 1 aromatic carbocycles. The highest BCUT2D eigenvalue weighted by Crippen LogP contribution is 2.48. The molecule has 2 saturated carbocycles. The molecule has 2 bridgehead atoms. The number of hydrogen-bond donors (Lipinski definition) is 2. The number of carbonyl (C=O) groups is 1. The van der Waals surface area contributed by atoms with Crippen LogP contribution in [0.2, 0.25) is 0 Å². The Kier molecular flexibility index (Phi) is 3.09. The van der Waals surface area contributed by atoms with Gasteiger partial charge in [0.2, 0.25) is 5.91 Å². The minimum absolute atomic E-state index is 0.121. The number of nitrogens with one attached hydrogen (secondary N) is 1. The Morgan fingerprint density at radius 2 is 2.21 bits per heavy atom. The molecule has 4 heteroatoms. The number of anilines is 2. The first-order valence-corrected chi connectivity index (χ1v) is 6.91. The van der Waals surface area contributed by atoms with Crippen LogP contribution in [-0.4, -0.2) is 13.0 Å². The highest BCUT2D eigenvalue weighted by molar-refractivity contribution is 5.95. The second kappa shape index (κ2) is 4.76. The van der Waals surface area contributed by atoms with Crippen molar-refractivity contribution in [3.8, 4) is 5.75 Å². The molecular weight excluding hydrogens is 240 g/mol. The van der Waals surface area contributed by atoms with Crippen LogP contribution in [0.15, 0.2) is 18.2 Å². The Hall–Kier alpha value is -1.71. The number of carbonyl (C=O) groups excluding carboxylic acids is 1. The van der Waals surface area contributed by atoms with E-state index in [0.29, 0.717) is 23.0 Å². The van der Waals surface area contributed by atoms with E-state index in [0.717, 1.165) is 12.3 Å². The first-order valence-electron chi connectivity index (χ1n) is 6.91. The Bertz CT molecular complexity index is 501. The van der Waals surface area contributed by atoms with Crippen LogP contribution >= 0.6 is 0 Å². The first kappa shape index (κ1) is 12.3. The van der Waals surface area contributed by atoms with E-state index in [9.17, 15) is 4.79 Å². The zero-order valence-electron chi connectivity index (χ0n) is 11.2. The minimum Gasteiger partial charge on any atom is -0.495 e. The third-order valence-electron chi connectivity index (χ3n) is 4.56. The van der Waals surface area contributed by atoms with Crippen molar-refractivity contribution in [2.45, 2.75) is 25.7 Å². The smallest absolute Gasteiger partial charge is 0.227 e. The molecule has 0 aliphatic heterocycles. The topological polar surface area (TPSA) is 64.3 Å². The molecule has 3 unspecified atom stereocenters. The number of nitrogen functional groups attached to an aromatic ring is 1. The zero-order valence-corrected chi connectivity index (χ0v) is 11.2. The van der Waals surface area contributed by atoms with Gasteiger partial charge in [0.1, 0.15) is 5.75 Å². The molecule has 1 amide bonds. The van der Waals surface area contributed by atoms with Gasteiger partial charge in [-0.2, -0.15) is 0 Å². The standard InChI is InChI=1S/C15H20N2O2/c1-19-14-5-4-11(16)8-13(14)17-15(18)12-7-9-2-3-10(12)6-9/h4-5,8-10,12H,2-3,6-7,16H2,1H3,(H,17,18). The fourth-order valence-corrected chi connectivity index (χ4v) is 3.61. The second-order valence-electron chi connectivity index (χ2n) is 5.73. The Morgan fingerprint density at radius 1 is 1.37 bits per heavy atom. The molecular formula is C15H20N2O2. The lowest BCUT2D eigenvalue weighted by Crippen LogP contribution is -2.27. The van der Waals surface area contributed by atoms with Crippen molar-refractivity contribution >= 4 is 17.3 Å². The van der Waals surface area contributed by atoms with Crippen LogP contribution < -0.4 is 15.8 Å². The lowest BCUT2D eigenvalue weighted by molar-refractivity contribution is -0.121. The molecule has 3 rings (SSSR count). The molecule has 19 heavy (non-hydrogen) atoms. The number of methoxy groups -OCH3 is 1. The molecule has 3 N–H and O–H groups in total. The predicted octanol–water partition coefficient (Wildman–Crippen LogP) is 2.65. The quantitative estimate of drug-likeness (QED) is 0.821. The Morgan fingerprint density at radius 3 is 2.84 bits per heavy atom. The lowest BCUT2D eigenvalue weighted by Gasteiger charge is -2.21. The van der Waals surface area contributed by atoms with Gasteiger partial charge in [0.15, 0.2) is 0 Å². The molecule has 0 spiro atoms. The largest absolute Gasteiger partial charge is 0.495 e. The number of nitrogens with two attached hydrogens (primary N) is 1. The average molecular weight is 260 g/mol. The van der Waals surface area contributed by atoms with Gasteiger partial charge in [0.25, 0.3) is 0 Å². The number of ether oxygens (including phenoxy) is 1. The summed E-state index contributed by atoms with van der Waals surface area (Å²) in [5, 5.41) is 2.99. The highest BCUT2D eigenvalue weighted by Gasteiger charge is 2.43. The summed E-state index contributed by atoms with van der Waals surface area (Å²) in [6.07, 6.45) is 4.78. The molecule has 1 aromatic rings. The fraction of sp³-hybridized carbons (Fsp3) is 0.533. The van der Waals surface area contributed by atoms with E-state index in [2.05, 4.69) is 5.32 Å². The van der Waals surface area contributed by atoms with Gasteiger partial charge in [-0.05, 0) is 49.3 Å². The highest BCUT2D eigenvalue weighted by atomic mass is 16.5. The van der Waals surface area contributed by atoms with E-state index in [-0.39, 0.29) is 11.8 Å². The van der Waals surface area contributed by atoms with Crippen molar-refractivity contribution in [3.63, 3.8) is 0 Å². The number of benzene rings is 1. The number of rotatable bonds is 3. The van der Waals surface area contributed by atoms with Gasteiger partial charge in [-0.25, -0.2) is 0 Å². The summed E-state index contributed by atoms with van der Waals surface area (Å²) in [5.74, 6) is 2.30. The van der Waals surface area contributed by atoms with Crippen molar-refractivity contribution < 1.29 is 9.53 Å². The van der Waals surface area contributed by atoms with Crippen molar-refractivity contribution in [2.24, 2.45) is 17.8 Å². The summed E-state index contributed by atoms with van der Waals surface area (Å²) in [5.41, 5.74) is 7.07. The van der Waals surface area contributed by atoms with Crippen LogP contribution in [0.1, 0.15) is 25.7 Å². The average Bonchev–Trinajstić information content (AvgIpc) is 3.01. The monoisotopic (exact) mass is 260 g/mol. The number of hydrogen-bond acceptors (Lipinski definition) is 3. The van der Waals surface area contributed by atoms with Crippen molar-refractivity contribution in [2.75, 3.05) is 18.2 Å². The summed E-state index contributed by atoms with van der Waals surface area (Å²) >= 11 is 0. The zero-order chi connectivity index (χ0) is 13.4. The summed E-state index contributed by atoms with van der Waals surface area (Å²) in [7, 11) is 1.60. The maximum Gasteiger partial charge on any atom is 0.227 e. The van der Waals surface area contributed by atoms with E-state index < -0.39 is 0 Å². The second-order valence-corrected chi connectivity index (χ2v) is 5.73. The van der Waals surface area contributed by atoms with E-state index in [1.165, 1.54) is 19.3 Å². The molecule has 0 aromatic heterocycles. The van der Waals surface area contributed by atoms with Crippen LogP contribution in [0.25, 0.3) is 0 Å². The third kappa shape index (κ3) is 2.27. The third-order valence-corrected chi connectivity index (χ3v) is 4.56. The Labute approximate surface area is 113 Å². The van der Waals surface area contributed by atoms with E-state index in [4.69, 9.17) is 10.5 Å². The van der Waals surface area contributed by atoms with Crippen molar-refractivity contribution in [3.05, 3.63) is 18.2 Å². The summed E-state index contributed by atoms with van der Waals surface area (Å²) in [6.45, 7) is 0. The molecule has 2 aliphatic carbocycles. The van der Waals surface area contributed by atoms with Gasteiger partial charge >= 0.3 is 0 Å². The molecule has 2 aliphatic rings. The van der Waals surface area contributed by atoms with Gasteiger partial charge in [-0.15, -0.1) is 0 Å². The first-order chi connectivity index (χ1) is 9.17. The number of amides is 1. The SMILES string of the molecule is COc1ccc(N)cc1NC(=O)C1CC2CCC1C2. The maximum absolute atomic E-state index is 12.4. The van der Waals surface area contributed by atoms with E-state index in [1.54, 1.807) is 25.3 Å². The summed E-state index contributed by atoms with van der Waals surface area (Å²) in [6, 6.07) is 5.31. The van der Waals surface area contributed by atoms with Crippen LogP contribution in [0, 0.1) is 17.8 Å². The van der Waals surface area contributed by atoms with Gasteiger partial charge in [-0.3, -0.25) is 4.79 Å². The normalized spacial score (nSPS) is 28.4. The Balaban J connectivity index is 1.74. The van der Waals surface area contributed by atoms with Crippen LogP contribution in [0.3, 0.4) is 0 Å². The van der Waals surface area contributed by atoms with Crippen molar-refractivity contribution in [1.29, 1.82) is 0 Å². The van der Waals surface area contributed by atoms with E-state index >= 15 is 0 Å². The van der Waals surface area contributed by atoms with Gasteiger partial charge in [-0.1, -0.05) is 6.42 Å². The van der Waals surface area contributed by atoms with E-state index in [1.807, 2.05) is 0 Å². The fourth-order valence-electron chi connectivity index (χ4n) is 3.61. The number of fused-ring (bicyclic) bond motifs is 2. The minimum atomic E-state index is 0.121. The summed E-state index contributed by atoms with van der Waals surface area (Å²) in [4.78, 5) is 12.4. The molecule has 102 valence electrons. The van der Waals surface area contributed by atoms with Crippen LogP contribution in [-0.2, 0) is 4.79 Å². The molecule has 0 saturated heterocycles.